The van der Waals surface area contributed by atoms with Crippen LogP contribution in [0.4, 0.5) is 11.4 Å². The van der Waals surface area contributed by atoms with Crippen molar-refractivity contribution in [2.45, 2.75) is 33.1 Å². The van der Waals surface area contributed by atoms with E-state index in [0.717, 1.165) is 18.2 Å². The molecule has 2 N–H and O–H groups in total. The van der Waals surface area contributed by atoms with Gasteiger partial charge in [-0.2, -0.15) is 0 Å². The van der Waals surface area contributed by atoms with Crippen LogP contribution >= 0.6 is 0 Å². The van der Waals surface area contributed by atoms with E-state index in [2.05, 4.69) is 10.6 Å². The number of nitrogens with one attached hydrogen (secondary N) is 2. The Kier molecular flexibility index (Phi) is 8.41. The molecule has 7 nitrogen and oxygen atoms in total. The van der Waals surface area contributed by atoms with E-state index >= 15 is 0 Å². The fourth-order valence-corrected chi connectivity index (χ4v) is 3.95. The minimum absolute atomic E-state index is 0.128. The molecule has 8 heteroatoms. The van der Waals surface area contributed by atoms with Crippen molar-refractivity contribution in [3.8, 4) is 0 Å². The lowest BCUT2D eigenvalue weighted by atomic mass is 10.1. The lowest BCUT2D eigenvalue weighted by Crippen LogP contribution is -2.31. The Balaban J connectivity index is 2.00. The lowest BCUT2D eigenvalue weighted by molar-refractivity contribution is -0.116. The van der Waals surface area contributed by atoms with Gasteiger partial charge in [0.2, 0.25) is 15.9 Å². The average molecular weight is 432 g/mol. The summed E-state index contributed by atoms with van der Waals surface area (Å²) < 4.78 is 25.7. The van der Waals surface area contributed by atoms with Crippen molar-refractivity contribution < 1.29 is 18.0 Å². The van der Waals surface area contributed by atoms with Crippen LogP contribution in [-0.4, -0.2) is 39.6 Å². The molecule has 162 valence electrons. The second-order valence-corrected chi connectivity index (χ2v) is 9.03. The summed E-state index contributed by atoms with van der Waals surface area (Å²) in [4.78, 5) is 24.7. The molecule has 0 aliphatic carbocycles. The Hall–Kier alpha value is -2.87. The van der Waals surface area contributed by atoms with Crippen LogP contribution in [0.2, 0.25) is 0 Å². The smallest absolute Gasteiger partial charge is 0.253 e. The van der Waals surface area contributed by atoms with Crippen molar-refractivity contribution >= 4 is 33.2 Å². The normalized spacial score (nSPS) is 11.0. The van der Waals surface area contributed by atoms with Gasteiger partial charge in [-0.1, -0.05) is 31.2 Å². The molecular formula is C22H29N3O4S. The highest BCUT2D eigenvalue weighted by atomic mass is 32.2. The highest BCUT2D eigenvalue weighted by Gasteiger charge is 2.18. The largest absolute Gasteiger partial charge is 0.352 e. The van der Waals surface area contributed by atoms with Gasteiger partial charge < -0.3 is 10.6 Å². The molecule has 0 radical (unpaired) electrons. The highest BCUT2D eigenvalue weighted by molar-refractivity contribution is 7.92. The molecule has 0 aliphatic rings. The number of carbonyl (C=O) groups excluding carboxylic acids is 2. The summed E-state index contributed by atoms with van der Waals surface area (Å²) in [6.45, 7) is 4.60. The molecule has 0 unspecified atom stereocenters. The maximum Gasteiger partial charge on any atom is 0.253 e. The van der Waals surface area contributed by atoms with Crippen molar-refractivity contribution in [1.29, 1.82) is 0 Å². The van der Waals surface area contributed by atoms with Crippen LogP contribution in [0.25, 0.3) is 0 Å². The Morgan fingerprint density at radius 2 is 1.80 bits per heavy atom. The van der Waals surface area contributed by atoms with Gasteiger partial charge in [0.15, 0.2) is 0 Å². The number of rotatable bonds is 10. The first-order valence-corrected chi connectivity index (χ1v) is 11.8. The van der Waals surface area contributed by atoms with E-state index in [1.54, 1.807) is 42.5 Å². The SMILES string of the molecule is CCCNC(=O)c1ccccc1NC(=O)CCCN(c1cccc(C)c1)S(C)(=O)=O. The van der Waals surface area contributed by atoms with E-state index in [9.17, 15) is 18.0 Å². The average Bonchev–Trinajstić information content (AvgIpc) is 2.69. The number of hydrogen-bond acceptors (Lipinski definition) is 4. The van der Waals surface area contributed by atoms with Gasteiger partial charge in [0.1, 0.15) is 0 Å². The third-order valence-corrected chi connectivity index (χ3v) is 5.63. The standard InChI is InChI=1S/C22H29N3O4S/c1-4-14-23-22(27)19-11-5-6-12-20(19)24-21(26)13-8-15-25(30(3,28)29)18-10-7-9-17(2)16-18/h5-7,9-12,16H,4,8,13-15H2,1-3H3,(H,23,27)(H,24,26). The van der Waals surface area contributed by atoms with Gasteiger partial charge in [0.05, 0.1) is 23.2 Å². The fraction of sp³-hybridized carbons (Fsp3) is 0.364. The monoisotopic (exact) mass is 431 g/mol. The van der Waals surface area contributed by atoms with Crippen LogP contribution in [0.3, 0.4) is 0 Å². The topological polar surface area (TPSA) is 95.6 Å². The fourth-order valence-electron chi connectivity index (χ4n) is 2.99. The summed E-state index contributed by atoms with van der Waals surface area (Å²) >= 11 is 0. The van der Waals surface area contributed by atoms with Crippen molar-refractivity contribution in [2.75, 3.05) is 29.0 Å². The third-order valence-electron chi connectivity index (χ3n) is 4.44. The van der Waals surface area contributed by atoms with Crippen LogP contribution in [0.15, 0.2) is 48.5 Å². The first-order chi connectivity index (χ1) is 14.2. The zero-order valence-electron chi connectivity index (χ0n) is 17.6. The van der Waals surface area contributed by atoms with Gasteiger partial charge in [0, 0.05) is 19.5 Å². The van der Waals surface area contributed by atoms with Crippen LogP contribution < -0.4 is 14.9 Å². The van der Waals surface area contributed by atoms with Gasteiger partial charge in [-0.25, -0.2) is 8.42 Å². The predicted molar refractivity (Wildman–Crippen MR) is 120 cm³/mol. The molecule has 0 fully saturated rings. The Morgan fingerprint density at radius 3 is 2.47 bits per heavy atom. The number of carbonyl (C=O) groups is 2. The first-order valence-electron chi connectivity index (χ1n) is 9.94. The summed E-state index contributed by atoms with van der Waals surface area (Å²) in [6.07, 6.45) is 2.44. The molecule has 2 aromatic rings. The van der Waals surface area contributed by atoms with E-state index in [1.165, 1.54) is 4.31 Å². The number of amides is 2. The van der Waals surface area contributed by atoms with Gasteiger partial charge in [0.25, 0.3) is 5.91 Å². The lowest BCUT2D eigenvalue weighted by Gasteiger charge is -2.22. The maximum absolute atomic E-state index is 12.4. The number of hydrogen-bond donors (Lipinski definition) is 2. The summed E-state index contributed by atoms with van der Waals surface area (Å²) in [7, 11) is -3.47. The molecule has 0 aromatic heterocycles. The summed E-state index contributed by atoms with van der Waals surface area (Å²) in [6, 6.07) is 14.0. The minimum atomic E-state index is -3.47. The molecule has 0 heterocycles. The second kappa shape index (κ2) is 10.8. The molecule has 30 heavy (non-hydrogen) atoms. The summed E-state index contributed by atoms with van der Waals surface area (Å²) in [5.41, 5.74) is 2.37. The van der Waals surface area contributed by atoms with Crippen LogP contribution in [-0.2, 0) is 14.8 Å². The van der Waals surface area contributed by atoms with Crippen molar-refractivity contribution in [3.05, 3.63) is 59.7 Å². The third kappa shape index (κ3) is 6.88. The summed E-state index contributed by atoms with van der Waals surface area (Å²) in [5.74, 6) is -0.515. The van der Waals surface area contributed by atoms with Crippen molar-refractivity contribution in [2.24, 2.45) is 0 Å². The Morgan fingerprint density at radius 1 is 1.07 bits per heavy atom. The van der Waals surface area contributed by atoms with E-state index < -0.39 is 10.0 Å². The van der Waals surface area contributed by atoms with E-state index in [-0.39, 0.29) is 24.8 Å². The number of sulfonamides is 1. The molecule has 0 saturated carbocycles. The predicted octanol–water partition coefficient (Wildman–Crippen LogP) is 3.32. The highest BCUT2D eigenvalue weighted by Crippen LogP contribution is 2.20. The molecule has 0 saturated heterocycles. The first kappa shape index (κ1) is 23.4. The Labute approximate surface area is 178 Å². The molecule has 2 aromatic carbocycles. The van der Waals surface area contributed by atoms with Crippen molar-refractivity contribution in [3.63, 3.8) is 0 Å². The number of aryl methyl sites for hydroxylation is 1. The number of benzene rings is 2. The maximum atomic E-state index is 12.4. The number of para-hydroxylation sites is 1. The second-order valence-electron chi connectivity index (χ2n) is 7.13. The van der Waals surface area contributed by atoms with E-state index in [4.69, 9.17) is 0 Å². The Bertz CT molecular complexity index is 989. The number of nitrogens with zero attached hydrogens (tertiary/aromatic N) is 1. The molecular weight excluding hydrogens is 402 g/mol. The van der Waals surface area contributed by atoms with Crippen LogP contribution in [0.5, 0.6) is 0 Å². The van der Waals surface area contributed by atoms with E-state index in [0.29, 0.717) is 29.9 Å². The quantitative estimate of drug-likeness (QED) is 0.603. The summed E-state index contributed by atoms with van der Waals surface area (Å²) in [5, 5.41) is 5.56. The molecule has 2 amide bonds. The van der Waals surface area contributed by atoms with Crippen LogP contribution in [0, 0.1) is 6.92 Å². The molecule has 0 aliphatic heterocycles. The zero-order chi connectivity index (χ0) is 22.1. The van der Waals surface area contributed by atoms with Gasteiger partial charge >= 0.3 is 0 Å². The van der Waals surface area contributed by atoms with Gasteiger partial charge in [-0.15, -0.1) is 0 Å². The molecule has 0 atom stereocenters. The van der Waals surface area contributed by atoms with E-state index in [1.807, 2.05) is 19.9 Å². The number of anilines is 2. The van der Waals surface area contributed by atoms with Gasteiger partial charge in [-0.3, -0.25) is 13.9 Å². The molecule has 2 rings (SSSR count). The molecule has 0 bridgehead atoms. The van der Waals surface area contributed by atoms with Gasteiger partial charge in [-0.05, 0) is 49.6 Å². The van der Waals surface area contributed by atoms with Crippen molar-refractivity contribution in [1.82, 2.24) is 5.32 Å². The molecule has 0 spiro atoms. The van der Waals surface area contributed by atoms with Crippen LogP contribution in [0.1, 0.15) is 42.1 Å². The minimum Gasteiger partial charge on any atom is -0.352 e. The zero-order valence-corrected chi connectivity index (χ0v) is 18.5.